The highest BCUT2D eigenvalue weighted by Crippen LogP contribution is 2.20. The molecular weight excluding hydrogens is 240 g/mol. The quantitative estimate of drug-likeness (QED) is 0.738. The number of nitrogen functional groups attached to an aromatic ring is 1. The number of aromatic hydroxyl groups is 1. The number of carbonyl (C=O) groups is 1. The van der Waals surface area contributed by atoms with Crippen LogP contribution in [0.4, 0.5) is 11.4 Å². The monoisotopic (exact) mass is 256 g/mol. The summed E-state index contributed by atoms with van der Waals surface area (Å²) in [6.45, 7) is 1.94. The number of nitrogens with two attached hydrogens (primary N) is 1. The normalized spacial score (nSPS) is 10.2. The van der Waals surface area contributed by atoms with Crippen molar-refractivity contribution in [1.29, 1.82) is 0 Å². The van der Waals surface area contributed by atoms with Crippen molar-refractivity contribution < 1.29 is 9.90 Å². The number of amides is 1. The molecule has 98 valence electrons. The number of rotatable bonds is 3. The molecule has 0 saturated heterocycles. The Morgan fingerprint density at radius 3 is 2.74 bits per heavy atom. The van der Waals surface area contributed by atoms with Crippen molar-refractivity contribution in [2.75, 3.05) is 11.1 Å². The van der Waals surface area contributed by atoms with E-state index < -0.39 is 0 Å². The van der Waals surface area contributed by atoms with E-state index in [1.807, 2.05) is 19.1 Å². The molecule has 0 unspecified atom stereocenters. The summed E-state index contributed by atoms with van der Waals surface area (Å²) in [7, 11) is 0. The van der Waals surface area contributed by atoms with E-state index in [1.165, 1.54) is 0 Å². The number of nitrogens with one attached hydrogen (secondary N) is 1. The molecular formula is C15H16N2O2. The molecule has 0 radical (unpaired) electrons. The SMILES string of the molecule is Cc1ccc(NC(=O)Cc2cccc(O)c2)c(N)c1. The summed E-state index contributed by atoms with van der Waals surface area (Å²) in [6.07, 6.45) is 0.196. The maximum atomic E-state index is 11.9. The Morgan fingerprint density at radius 2 is 2.05 bits per heavy atom. The summed E-state index contributed by atoms with van der Waals surface area (Å²) in [5.41, 5.74) is 8.78. The van der Waals surface area contributed by atoms with Crippen LogP contribution in [0.3, 0.4) is 0 Å². The summed E-state index contributed by atoms with van der Waals surface area (Å²) in [5, 5.41) is 12.1. The minimum absolute atomic E-state index is 0.153. The molecule has 2 aromatic carbocycles. The van der Waals surface area contributed by atoms with Gasteiger partial charge in [-0.05, 0) is 42.3 Å². The molecule has 4 nitrogen and oxygen atoms in total. The maximum Gasteiger partial charge on any atom is 0.228 e. The standard InChI is InChI=1S/C15H16N2O2/c1-10-5-6-14(13(16)7-10)17-15(19)9-11-3-2-4-12(18)8-11/h2-8,18H,9,16H2,1H3,(H,17,19). The minimum Gasteiger partial charge on any atom is -0.508 e. The highest BCUT2D eigenvalue weighted by atomic mass is 16.3. The van der Waals surface area contributed by atoms with Gasteiger partial charge in [0.05, 0.1) is 17.8 Å². The molecule has 2 rings (SSSR count). The first-order valence-corrected chi connectivity index (χ1v) is 5.98. The first kappa shape index (κ1) is 13.0. The van der Waals surface area contributed by atoms with Crippen LogP contribution in [0.25, 0.3) is 0 Å². The summed E-state index contributed by atoms with van der Waals surface area (Å²) in [6, 6.07) is 12.1. The first-order chi connectivity index (χ1) is 9.04. The topological polar surface area (TPSA) is 75.3 Å². The molecule has 1 amide bonds. The van der Waals surface area contributed by atoms with Crippen LogP contribution in [0.15, 0.2) is 42.5 Å². The fourth-order valence-electron chi connectivity index (χ4n) is 1.84. The molecule has 0 saturated carbocycles. The zero-order chi connectivity index (χ0) is 13.8. The fraction of sp³-hybridized carbons (Fsp3) is 0.133. The van der Waals surface area contributed by atoms with Crippen LogP contribution in [-0.4, -0.2) is 11.0 Å². The smallest absolute Gasteiger partial charge is 0.228 e. The zero-order valence-corrected chi connectivity index (χ0v) is 10.7. The molecule has 2 aromatic rings. The summed E-state index contributed by atoms with van der Waals surface area (Å²) in [4.78, 5) is 11.9. The van der Waals surface area contributed by atoms with Crippen LogP contribution < -0.4 is 11.1 Å². The van der Waals surface area contributed by atoms with Gasteiger partial charge in [-0.15, -0.1) is 0 Å². The Balaban J connectivity index is 2.05. The Kier molecular flexibility index (Phi) is 3.71. The molecule has 0 spiro atoms. The van der Waals surface area contributed by atoms with Gasteiger partial charge < -0.3 is 16.2 Å². The van der Waals surface area contributed by atoms with Crippen LogP contribution in [0.2, 0.25) is 0 Å². The molecule has 0 atom stereocenters. The van der Waals surface area contributed by atoms with E-state index in [1.54, 1.807) is 30.3 Å². The highest BCUT2D eigenvalue weighted by Gasteiger charge is 2.07. The van der Waals surface area contributed by atoms with Gasteiger partial charge in [0.2, 0.25) is 5.91 Å². The van der Waals surface area contributed by atoms with Crippen LogP contribution in [0, 0.1) is 6.92 Å². The van der Waals surface area contributed by atoms with Crippen LogP contribution in [0.5, 0.6) is 5.75 Å². The largest absolute Gasteiger partial charge is 0.508 e. The van der Waals surface area contributed by atoms with Crippen molar-refractivity contribution in [2.24, 2.45) is 0 Å². The molecule has 0 fully saturated rings. The highest BCUT2D eigenvalue weighted by molar-refractivity contribution is 5.95. The summed E-state index contributed by atoms with van der Waals surface area (Å²) < 4.78 is 0. The van der Waals surface area contributed by atoms with E-state index in [0.29, 0.717) is 11.4 Å². The average molecular weight is 256 g/mol. The van der Waals surface area contributed by atoms with Gasteiger partial charge in [0.25, 0.3) is 0 Å². The third-order valence-corrected chi connectivity index (χ3v) is 2.76. The molecule has 0 aromatic heterocycles. The van der Waals surface area contributed by atoms with Gasteiger partial charge in [-0.3, -0.25) is 4.79 Å². The van der Waals surface area contributed by atoms with Gasteiger partial charge >= 0.3 is 0 Å². The lowest BCUT2D eigenvalue weighted by atomic mass is 10.1. The van der Waals surface area contributed by atoms with E-state index in [9.17, 15) is 9.90 Å². The number of hydrogen-bond acceptors (Lipinski definition) is 3. The second kappa shape index (κ2) is 5.44. The van der Waals surface area contributed by atoms with Crippen LogP contribution in [-0.2, 0) is 11.2 Å². The Labute approximate surface area is 111 Å². The van der Waals surface area contributed by atoms with E-state index in [-0.39, 0.29) is 18.1 Å². The van der Waals surface area contributed by atoms with Gasteiger partial charge in [0, 0.05) is 0 Å². The zero-order valence-electron chi connectivity index (χ0n) is 10.7. The second-order valence-corrected chi connectivity index (χ2v) is 4.49. The molecule has 4 heteroatoms. The van der Waals surface area contributed by atoms with Crippen molar-refractivity contribution >= 4 is 17.3 Å². The second-order valence-electron chi connectivity index (χ2n) is 4.49. The number of phenolic OH excluding ortho intramolecular Hbond substituents is 1. The number of phenols is 1. The number of benzene rings is 2. The molecule has 0 aliphatic heterocycles. The molecule has 0 heterocycles. The fourth-order valence-corrected chi connectivity index (χ4v) is 1.84. The lowest BCUT2D eigenvalue weighted by molar-refractivity contribution is -0.115. The molecule has 19 heavy (non-hydrogen) atoms. The maximum absolute atomic E-state index is 11.9. The Bertz CT molecular complexity index is 609. The average Bonchev–Trinajstić information content (AvgIpc) is 2.33. The van der Waals surface area contributed by atoms with Gasteiger partial charge in [-0.25, -0.2) is 0 Å². The third-order valence-electron chi connectivity index (χ3n) is 2.76. The van der Waals surface area contributed by atoms with Gasteiger partial charge in [0.15, 0.2) is 0 Å². The van der Waals surface area contributed by atoms with Gasteiger partial charge in [-0.1, -0.05) is 18.2 Å². The number of hydrogen-bond donors (Lipinski definition) is 3. The molecule has 0 aliphatic carbocycles. The third kappa shape index (κ3) is 3.48. The van der Waals surface area contributed by atoms with Crippen LogP contribution in [0.1, 0.15) is 11.1 Å². The van der Waals surface area contributed by atoms with Crippen molar-refractivity contribution in [3.05, 3.63) is 53.6 Å². The minimum atomic E-state index is -0.166. The van der Waals surface area contributed by atoms with E-state index in [2.05, 4.69) is 5.32 Å². The van der Waals surface area contributed by atoms with Crippen LogP contribution >= 0.6 is 0 Å². The Morgan fingerprint density at radius 1 is 1.26 bits per heavy atom. The Hall–Kier alpha value is -2.49. The summed E-state index contributed by atoms with van der Waals surface area (Å²) >= 11 is 0. The van der Waals surface area contributed by atoms with Crippen molar-refractivity contribution in [3.8, 4) is 5.75 Å². The predicted octanol–water partition coefficient (Wildman–Crippen LogP) is 2.46. The van der Waals surface area contributed by atoms with E-state index in [0.717, 1.165) is 11.1 Å². The van der Waals surface area contributed by atoms with Crippen molar-refractivity contribution in [1.82, 2.24) is 0 Å². The number of anilines is 2. The lowest BCUT2D eigenvalue weighted by Gasteiger charge is -2.09. The van der Waals surface area contributed by atoms with Crippen molar-refractivity contribution in [3.63, 3.8) is 0 Å². The van der Waals surface area contributed by atoms with E-state index >= 15 is 0 Å². The molecule has 0 bridgehead atoms. The van der Waals surface area contributed by atoms with Crippen molar-refractivity contribution in [2.45, 2.75) is 13.3 Å². The molecule has 4 N–H and O–H groups in total. The van der Waals surface area contributed by atoms with Gasteiger partial charge in [-0.2, -0.15) is 0 Å². The van der Waals surface area contributed by atoms with Gasteiger partial charge in [0.1, 0.15) is 5.75 Å². The lowest BCUT2D eigenvalue weighted by Crippen LogP contribution is -2.15. The first-order valence-electron chi connectivity index (χ1n) is 5.98. The molecule has 0 aliphatic rings. The van der Waals surface area contributed by atoms with E-state index in [4.69, 9.17) is 5.73 Å². The number of aryl methyl sites for hydroxylation is 1. The summed E-state index contributed by atoms with van der Waals surface area (Å²) in [5.74, 6) is -0.0127. The number of carbonyl (C=O) groups excluding carboxylic acids is 1. The predicted molar refractivity (Wildman–Crippen MR) is 76.0 cm³/mol.